The van der Waals surface area contributed by atoms with Crippen molar-refractivity contribution in [2.75, 3.05) is 18.9 Å². The van der Waals surface area contributed by atoms with Crippen molar-refractivity contribution >= 4 is 11.6 Å². The lowest BCUT2D eigenvalue weighted by molar-refractivity contribution is -0.137. The zero-order valence-corrected chi connectivity index (χ0v) is 12.7. The molecule has 0 aliphatic carbocycles. The fraction of sp³-hybridized carbons (Fsp3) is 0.533. The summed E-state index contributed by atoms with van der Waals surface area (Å²) in [5.41, 5.74) is -0.342. The van der Waals surface area contributed by atoms with Gasteiger partial charge in [0.25, 0.3) is 5.91 Å². The van der Waals surface area contributed by atoms with Crippen molar-refractivity contribution in [3.05, 3.63) is 29.3 Å². The van der Waals surface area contributed by atoms with Crippen LogP contribution in [0.1, 0.15) is 43.1 Å². The first kappa shape index (κ1) is 17.3. The number of hydrogen-bond donors (Lipinski definition) is 1. The van der Waals surface area contributed by atoms with Gasteiger partial charge in [0.1, 0.15) is 0 Å². The molecule has 0 bridgehead atoms. The number of anilines is 1. The Morgan fingerprint density at radius 2 is 1.95 bits per heavy atom. The maximum absolute atomic E-state index is 12.8. The van der Waals surface area contributed by atoms with Gasteiger partial charge in [0, 0.05) is 25.3 Å². The summed E-state index contributed by atoms with van der Waals surface area (Å²) in [6.45, 7) is 6.13. The third-order valence-electron chi connectivity index (χ3n) is 3.52. The molecule has 0 heterocycles. The highest BCUT2D eigenvalue weighted by Crippen LogP contribution is 2.32. The molecule has 1 N–H and O–H groups in total. The van der Waals surface area contributed by atoms with Gasteiger partial charge in [0.2, 0.25) is 0 Å². The number of carbonyl (C=O) groups excluding carboxylic acids is 1. The van der Waals surface area contributed by atoms with Crippen LogP contribution in [0, 0.1) is 0 Å². The molecule has 1 rings (SSSR count). The zero-order chi connectivity index (χ0) is 16.2. The van der Waals surface area contributed by atoms with E-state index in [0.717, 1.165) is 18.6 Å². The van der Waals surface area contributed by atoms with Crippen molar-refractivity contribution in [3.8, 4) is 0 Å². The first-order chi connectivity index (χ1) is 9.72. The molecule has 0 spiro atoms. The Hall–Kier alpha value is -1.72. The van der Waals surface area contributed by atoms with Crippen molar-refractivity contribution in [1.29, 1.82) is 0 Å². The first-order valence-electron chi connectivity index (χ1n) is 6.94. The quantitative estimate of drug-likeness (QED) is 0.891. The van der Waals surface area contributed by atoms with Crippen molar-refractivity contribution in [2.45, 2.75) is 39.4 Å². The minimum absolute atomic E-state index is 0.0403. The summed E-state index contributed by atoms with van der Waals surface area (Å²) in [5.74, 6) is -0.411. The summed E-state index contributed by atoms with van der Waals surface area (Å²) in [5, 5.41) is 2.93. The van der Waals surface area contributed by atoms with Crippen LogP contribution >= 0.6 is 0 Å². The Morgan fingerprint density at radius 1 is 1.33 bits per heavy atom. The van der Waals surface area contributed by atoms with Crippen molar-refractivity contribution in [2.24, 2.45) is 0 Å². The lowest BCUT2D eigenvalue weighted by atomic mass is 10.1. The monoisotopic (exact) mass is 302 g/mol. The van der Waals surface area contributed by atoms with Gasteiger partial charge in [-0.1, -0.05) is 6.92 Å². The summed E-state index contributed by atoms with van der Waals surface area (Å²) in [6.07, 6.45) is -3.73. The van der Waals surface area contributed by atoms with Gasteiger partial charge in [0.15, 0.2) is 0 Å². The fourth-order valence-corrected chi connectivity index (χ4v) is 1.91. The number of alkyl halides is 3. The molecule has 21 heavy (non-hydrogen) atoms. The second-order valence-corrected chi connectivity index (χ2v) is 4.96. The van der Waals surface area contributed by atoms with E-state index in [0.29, 0.717) is 12.2 Å². The number of nitrogens with zero attached hydrogens (tertiary/aromatic N) is 1. The van der Waals surface area contributed by atoms with Gasteiger partial charge in [0.05, 0.1) is 11.1 Å². The number of hydrogen-bond acceptors (Lipinski definition) is 2. The van der Waals surface area contributed by atoms with Crippen LogP contribution in [0.2, 0.25) is 0 Å². The molecule has 1 aromatic carbocycles. The van der Waals surface area contributed by atoms with Crippen LogP contribution in [-0.2, 0) is 6.18 Å². The largest absolute Gasteiger partial charge is 0.416 e. The molecule has 0 aliphatic heterocycles. The summed E-state index contributed by atoms with van der Waals surface area (Å²) >= 11 is 0. The highest BCUT2D eigenvalue weighted by atomic mass is 19.4. The average Bonchev–Trinajstić information content (AvgIpc) is 2.44. The van der Waals surface area contributed by atoms with Crippen LogP contribution in [-0.4, -0.2) is 30.4 Å². The number of amides is 1. The number of benzene rings is 1. The molecule has 0 saturated carbocycles. The summed E-state index contributed by atoms with van der Waals surface area (Å²) < 4.78 is 38.5. The highest BCUT2D eigenvalue weighted by Gasteiger charge is 2.32. The smallest absolute Gasteiger partial charge is 0.385 e. The van der Waals surface area contributed by atoms with Crippen molar-refractivity contribution in [1.82, 2.24) is 4.90 Å². The number of halogens is 3. The molecule has 6 heteroatoms. The van der Waals surface area contributed by atoms with Gasteiger partial charge in [-0.25, -0.2) is 0 Å². The second kappa shape index (κ2) is 6.83. The Morgan fingerprint density at radius 3 is 2.43 bits per heavy atom. The van der Waals surface area contributed by atoms with Crippen LogP contribution in [0.5, 0.6) is 0 Å². The van der Waals surface area contributed by atoms with Gasteiger partial charge in [-0.15, -0.1) is 0 Å². The third-order valence-corrected chi connectivity index (χ3v) is 3.52. The molecule has 1 unspecified atom stereocenters. The number of nitrogens with one attached hydrogen (secondary N) is 1. The molecule has 1 amide bonds. The van der Waals surface area contributed by atoms with Crippen LogP contribution in [0.15, 0.2) is 18.2 Å². The third kappa shape index (κ3) is 4.12. The van der Waals surface area contributed by atoms with E-state index in [9.17, 15) is 18.0 Å². The van der Waals surface area contributed by atoms with Gasteiger partial charge >= 0.3 is 6.18 Å². The van der Waals surface area contributed by atoms with E-state index < -0.39 is 17.6 Å². The van der Waals surface area contributed by atoms with Crippen LogP contribution in [0.25, 0.3) is 0 Å². The average molecular weight is 302 g/mol. The molecule has 0 saturated heterocycles. The minimum Gasteiger partial charge on any atom is -0.385 e. The van der Waals surface area contributed by atoms with Crippen molar-refractivity contribution < 1.29 is 18.0 Å². The van der Waals surface area contributed by atoms with E-state index in [-0.39, 0.29) is 11.6 Å². The molecule has 0 aliphatic rings. The lowest BCUT2D eigenvalue weighted by Crippen LogP contribution is -2.35. The van der Waals surface area contributed by atoms with Gasteiger partial charge in [-0.05, 0) is 38.5 Å². The van der Waals surface area contributed by atoms with Crippen LogP contribution in [0.4, 0.5) is 18.9 Å². The van der Waals surface area contributed by atoms with Crippen LogP contribution in [0.3, 0.4) is 0 Å². The number of carbonyl (C=O) groups is 1. The molecule has 0 fully saturated rings. The SMILES string of the molecule is CCNc1ccc(C(F)(F)F)cc1C(=O)N(C)C(C)CC. The van der Waals surface area contributed by atoms with Gasteiger partial charge in [-0.3, -0.25) is 4.79 Å². The highest BCUT2D eigenvalue weighted by molar-refractivity contribution is 5.99. The standard InChI is InChI=1S/C15H21F3N2O/c1-5-10(3)20(4)14(21)12-9-11(15(16,17)18)7-8-13(12)19-6-2/h7-10,19H,5-6H2,1-4H3. The molecule has 0 aromatic heterocycles. The maximum Gasteiger partial charge on any atom is 0.416 e. The predicted molar refractivity (Wildman–Crippen MR) is 77.5 cm³/mol. The second-order valence-electron chi connectivity index (χ2n) is 4.96. The van der Waals surface area contributed by atoms with E-state index >= 15 is 0 Å². The van der Waals surface area contributed by atoms with Gasteiger partial charge < -0.3 is 10.2 Å². The normalized spacial score (nSPS) is 12.9. The molecule has 1 aromatic rings. The summed E-state index contributed by atoms with van der Waals surface area (Å²) in [7, 11) is 1.60. The van der Waals surface area contributed by atoms with E-state index in [1.807, 2.05) is 20.8 Å². The van der Waals surface area contributed by atoms with E-state index in [1.165, 1.54) is 11.0 Å². The van der Waals surface area contributed by atoms with E-state index in [1.54, 1.807) is 7.05 Å². The zero-order valence-electron chi connectivity index (χ0n) is 12.7. The fourth-order valence-electron chi connectivity index (χ4n) is 1.91. The predicted octanol–water partition coefficient (Wildman–Crippen LogP) is 4.01. The molecule has 3 nitrogen and oxygen atoms in total. The Balaban J connectivity index is 3.26. The Bertz CT molecular complexity index is 500. The lowest BCUT2D eigenvalue weighted by Gasteiger charge is -2.25. The Kier molecular flexibility index (Phi) is 5.63. The van der Waals surface area contributed by atoms with E-state index in [4.69, 9.17) is 0 Å². The summed E-state index contributed by atoms with van der Waals surface area (Å²) in [6, 6.07) is 3.17. The molecular formula is C15H21F3N2O. The minimum atomic E-state index is -4.46. The van der Waals surface area contributed by atoms with Crippen molar-refractivity contribution in [3.63, 3.8) is 0 Å². The first-order valence-corrected chi connectivity index (χ1v) is 6.94. The number of rotatable bonds is 5. The van der Waals surface area contributed by atoms with E-state index in [2.05, 4.69) is 5.32 Å². The molecule has 1 atom stereocenters. The van der Waals surface area contributed by atoms with Crippen LogP contribution < -0.4 is 5.32 Å². The Labute approximate surface area is 123 Å². The molecule has 0 radical (unpaired) electrons. The molecular weight excluding hydrogens is 281 g/mol. The maximum atomic E-state index is 12.8. The topological polar surface area (TPSA) is 32.3 Å². The van der Waals surface area contributed by atoms with Gasteiger partial charge in [-0.2, -0.15) is 13.2 Å². The molecule has 118 valence electrons. The summed E-state index contributed by atoms with van der Waals surface area (Å²) in [4.78, 5) is 13.9.